The standard InChI is InChI=1S/C13H24BNO4/c1-13(2,3)19-12(16)15-8-4-6-11(7-5-9-15)10-14(17)18/h10,17-18H,4-9H2,1-3H3. The SMILES string of the molecule is CC(C)(C)OC(=O)N1CCCC(=CB(O)O)CCC1. The molecule has 19 heavy (non-hydrogen) atoms. The molecule has 1 aliphatic heterocycles. The van der Waals surface area contributed by atoms with Crippen molar-refractivity contribution in [3.8, 4) is 0 Å². The Morgan fingerprint density at radius 2 is 1.79 bits per heavy atom. The Balaban J connectivity index is 2.49. The Morgan fingerprint density at radius 1 is 1.26 bits per heavy atom. The third-order valence-corrected chi connectivity index (χ3v) is 2.89. The fraction of sp³-hybridized carbons (Fsp3) is 0.769. The highest BCUT2D eigenvalue weighted by molar-refractivity contribution is 6.47. The van der Waals surface area contributed by atoms with Crippen LogP contribution in [0, 0.1) is 0 Å². The zero-order valence-electron chi connectivity index (χ0n) is 12.1. The van der Waals surface area contributed by atoms with E-state index in [-0.39, 0.29) is 6.09 Å². The molecule has 1 saturated heterocycles. The normalized spacial score (nSPS) is 17.5. The lowest BCUT2D eigenvalue weighted by molar-refractivity contribution is 0.0241. The van der Waals surface area contributed by atoms with Crippen molar-refractivity contribution in [3.05, 3.63) is 11.5 Å². The Kier molecular flexibility index (Phi) is 5.88. The van der Waals surface area contributed by atoms with E-state index in [4.69, 9.17) is 14.8 Å². The van der Waals surface area contributed by atoms with E-state index in [1.165, 1.54) is 5.98 Å². The Hall–Kier alpha value is -1.01. The van der Waals surface area contributed by atoms with Crippen LogP contribution in [0.3, 0.4) is 0 Å². The van der Waals surface area contributed by atoms with Crippen LogP contribution in [0.25, 0.3) is 0 Å². The van der Waals surface area contributed by atoms with E-state index in [1.54, 1.807) is 4.90 Å². The van der Waals surface area contributed by atoms with Gasteiger partial charge in [0.25, 0.3) is 0 Å². The van der Waals surface area contributed by atoms with Gasteiger partial charge in [-0.05, 0) is 46.5 Å². The third-order valence-electron chi connectivity index (χ3n) is 2.89. The van der Waals surface area contributed by atoms with E-state index in [0.717, 1.165) is 31.3 Å². The van der Waals surface area contributed by atoms with Gasteiger partial charge in [-0.1, -0.05) is 11.5 Å². The number of hydrogen-bond acceptors (Lipinski definition) is 4. The molecule has 1 amide bonds. The highest BCUT2D eigenvalue weighted by atomic mass is 16.6. The molecule has 0 aromatic rings. The minimum atomic E-state index is -1.38. The first-order valence-electron chi connectivity index (χ1n) is 6.81. The van der Waals surface area contributed by atoms with Gasteiger partial charge in [0.1, 0.15) is 5.60 Å². The van der Waals surface area contributed by atoms with Crippen molar-refractivity contribution in [2.45, 2.75) is 52.1 Å². The first-order chi connectivity index (χ1) is 8.78. The van der Waals surface area contributed by atoms with Crippen molar-refractivity contribution in [1.29, 1.82) is 0 Å². The van der Waals surface area contributed by atoms with Gasteiger partial charge in [-0.2, -0.15) is 0 Å². The summed E-state index contributed by atoms with van der Waals surface area (Å²) in [7, 11) is -1.38. The summed E-state index contributed by atoms with van der Waals surface area (Å²) >= 11 is 0. The summed E-state index contributed by atoms with van der Waals surface area (Å²) in [4.78, 5) is 13.7. The number of likely N-dealkylation sites (tertiary alicyclic amines) is 1. The van der Waals surface area contributed by atoms with E-state index in [2.05, 4.69) is 0 Å². The summed E-state index contributed by atoms with van der Waals surface area (Å²) < 4.78 is 5.36. The Bertz CT molecular complexity index is 324. The Morgan fingerprint density at radius 3 is 2.21 bits per heavy atom. The average molecular weight is 269 g/mol. The van der Waals surface area contributed by atoms with Crippen molar-refractivity contribution >= 4 is 13.2 Å². The molecule has 1 aliphatic rings. The van der Waals surface area contributed by atoms with E-state index in [0.29, 0.717) is 13.1 Å². The lowest BCUT2D eigenvalue weighted by Crippen LogP contribution is -2.38. The van der Waals surface area contributed by atoms with Crippen molar-refractivity contribution in [2.24, 2.45) is 0 Å². The fourth-order valence-electron chi connectivity index (χ4n) is 2.12. The summed E-state index contributed by atoms with van der Waals surface area (Å²) in [6.07, 6.45) is 2.95. The van der Waals surface area contributed by atoms with Crippen LogP contribution in [0.5, 0.6) is 0 Å². The lowest BCUT2D eigenvalue weighted by atomic mass is 9.85. The summed E-state index contributed by atoms with van der Waals surface area (Å²) in [5.74, 6) is 1.49. The summed E-state index contributed by atoms with van der Waals surface area (Å²) in [5.41, 5.74) is 0.588. The number of amides is 1. The maximum atomic E-state index is 11.9. The number of allylic oxidation sites excluding steroid dienone is 1. The molecule has 0 aromatic heterocycles. The number of carbonyl (C=O) groups excluding carboxylic acids is 1. The minimum absolute atomic E-state index is 0.262. The van der Waals surface area contributed by atoms with Crippen LogP contribution < -0.4 is 0 Å². The molecule has 0 bridgehead atoms. The van der Waals surface area contributed by atoms with E-state index in [9.17, 15) is 4.79 Å². The second-order valence-electron chi connectivity index (χ2n) is 5.91. The van der Waals surface area contributed by atoms with Crippen molar-refractivity contribution in [3.63, 3.8) is 0 Å². The molecule has 0 unspecified atom stereocenters. The third kappa shape index (κ3) is 6.64. The molecule has 0 atom stereocenters. The molecular weight excluding hydrogens is 245 g/mol. The molecule has 2 N–H and O–H groups in total. The predicted octanol–water partition coefficient (Wildman–Crippen LogP) is 1.74. The molecule has 0 aromatic carbocycles. The minimum Gasteiger partial charge on any atom is -0.444 e. The number of hydrogen-bond donors (Lipinski definition) is 2. The smallest absolute Gasteiger partial charge is 0.444 e. The quantitative estimate of drug-likeness (QED) is 0.711. The summed E-state index contributed by atoms with van der Waals surface area (Å²) in [6, 6.07) is 0. The predicted molar refractivity (Wildman–Crippen MR) is 74.5 cm³/mol. The second-order valence-corrected chi connectivity index (χ2v) is 5.91. The number of ether oxygens (including phenoxy) is 1. The van der Waals surface area contributed by atoms with Gasteiger partial charge in [-0.3, -0.25) is 0 Å². The van der Waals surface area contributed by atoms with Gasteiger partial charge < -0.3 is 19.7 Å². The van der Waals surface area contributed by atoms with Gasteiger partial charge >= 0.3 is 13.2 Å². The number of nitrogens with zero attached hydrogens (tertiary/aromatic N) is 1. The molecule has 0 radical (unpaired) electrons. The monoisotopic (exact) mass is 269 g/mol. The Labute approximate surface area is 115 Å². The van der Waals surface area contributed by atoms with Crippen molar-refractivity contribution < 1.29 is 19.6 Å². The molecule has 0 saturated carbocycles. The highest BCUT2D eigenvalue weighted by Crippen LogP contribution is 2.19. The first kappa shape index (κ1) is 16.1. The molecule has 5 nitrogen and oxygen atoms in total. The van der Waals surface area contributed by atoms with Gasteiger partial charge in [0.05, 0.1) is 0 Å². The zero-order valence-corrected chi connectivity index (χ0v) is 12.1. The van der Waals surface area contributed by atoms with Crippen LogP contribution in [0.4, 0.5) is 4.79 Å². The topological polar surface area (TPSA) is 70.0 Å². The van der Waals surface area contributed by atoms with Crippen LogP contribution in [0.2, 0.25) is 0 Å². The van der Waals surface area contributed by atoms with Gasteiger partial charge in [0.15, 0.2) is 0 Å². The molecular formula is C13H24BNO4. The second kappa shape index (κ2) is 6.96. The van der Waals surface area contributed by atoms with E-state index in [1.807, 2.05) is 20.8 Å². The number of carbonyl (C=O) groups is 1. The van der Waals surface area contributed by atoms with Crippen LogP contribution in [0.1, 0.15) is 46.5 Å². The van der Waals surface area contributed by atoms with Gasteiger partial charge in [-0.25, -0.2) is 4.79 Å². The van der Waals surface area contributed by atoms with E-state index >= 15 is 0 Å². The molecule has 1 heterocycles. The lowest BCUT2D eigenvalue weighted by Gasteiger charge is -2.29. The molecule has 0 spiro atoms. The van der Waals surface area contributed by atoms with Crippen molar-refractivity contribution in [2.75, 3.05) is 13.1 Å². The van der Waals surface area contributed by atoms with E-state index < -0.39 is 12.7 Å². The number of rotatable bonds is 1. The maximum Gasteiger partial charge on any atom is 0.480 e. The van der Waals surface area contributed by atoms with Gasteiger partial charge in [0.2, 0.25) is 0 Å². The van der Waals surface area contributed by atoms with Crippen LogP contribution in [-0.4, -0.2) is 46.9 Å². The molecule has 0 aliphatic carbocycles. The van der Waals surface area contributed by atoms with Gasteiger partial charge in [0, 0.05) is 13.1 Å². The maximum absolute atomic E-state index is 11.9. The highest BCUT2D eigenvalue weighted by Gasteiger charge is 2.22. The molecule has 108 valence electrons. The zero-order chi connectivity index (χ0) is 14.5. The van der Waals surface area contributed by atoms with Crippen LogP contribution in [0.15, 0.2) is 11.5 Å². The molecule has 6 heteroatoms. The largest absolute Gasteiger partial charge is 0.480 e. The fourth-order valence-corrected chi connectivity index (χ4v) is 2.12. The summed E-state index contributed by atoms with van der Waals surface area (Å²) in [6.45, 7) is 6.87. The molecule has 1 fully saturated rings. The van der Waals surface area contributed by atoms with Crippen LogP contribution >= 0.6 is 0 Å². The van der Waals surface area contributed by atoms with Crippen molar-refractivity contribution in [1.82, 2.24) is 4.90 Å². The first-order valence-corrected chi connectivity index (χ1v) is 6.81. The average Bonchev–Trinajstić information content (AvgIpc) is 2.18. The van der Waals surface area contributed by atoms with Gasteiger partial charge in [-0.15, -0.1) is 0 Å². The molecule has 1 rings (SSSR count). The van der Waals surface area contributed by atoms with Crippen LogP contribution in [-0.2, 0) is 4.74 Å². The summed E-state index contributed by atoms with van der Waals surface area (Å²) in [5, 5.41) is 17.9.